The van der Waals surface area contributed by atoms with Gasteiger partial charge in [-0.3, -0.25) is 9.62 Å². The Morgan fingerprint density at radius 1 is 1.25 bits per heavy atom. The van der Waals surface area contributed by atoms with Gasteiger partial charge in [0, 0.05) is 36.0 Å². The van der Waals surface area contributed by atoms with Gasteiger partial charge in [0.15, 0.2) is 0 Å². The van der Waals surface area contributed by atoms with Crippen LogP contribution in [-0.2, 0) is 26.7 Å². The number of methoxy groups -OCH3 is 1. The molecule has 1 aliphatic heterocycles. The highest BCUT2D eigenvalue weighted by molar-refractivity contribution is 7.92. The van der Waals surface area contributed by atoms with Crippen LogP contribution in [0.2, 0.25) is 5.02 Å². The van der Waals surface area contributed by atoms with Gasteiger partial charge in [-0.15, -0.1) is 0 Å². The van der Waals surface area contributed by atoms with E-state index < -0.39 is 10.0 Å². The minimum absolute atomic E-state index is 0.0337. The van der Waals surface area contributed by atoms with E-state index >= 15 is 0 Å². The van der Waals surface area contributed by atoms with Gasteiger partial charge < -0.3 is 4.74 Å². The summed E-state index contributed by atoms with van der Waals surface area (Å²) in [5, 5.41) is 0.416. The monoisotopic (exact) mass is 480 g/mol. The van der Waals surface area contributed by atoms with Gasteiger partial charge in [-0.1, -0.05) is 36.2 Å². The number of hydrogen-bond acceptors (Lipinski definition) is 4. The van der Waals surface area contributed by atoms with Crippen LogP contribution in [0, 0.1) is 5.82 Å². The molecule has 5 nitrogen and oxygen atoms in total. The Morgan fingerprint density at radius 2 is 2.09 bits per heavy atom. The SMILES string of the molecule is COCCS(=O)(=O)Nc1cccc(C23CCCC(C2)N(Cc2ccc(Cl)cc2F)CC3)c1. The molecule has 1 N–H and O–H groups in total. The molecule has 32 heavy (non-hydrogen) atoms. The topological polar surface area (TPSA) is 58.6 Å². The van der Waals surface area contributed by atoms with Gasteiger partial charge in [-0.25, -0.2) is 12.8 Å². The zero-order valence-corrected chi connectivity index (χ0v) is 19.9. The van der Waals surface area contributed by atoms with Crippen LogP contribution >= 0.6 is 11.6 Å². The standard InChI is InChI=1S/C24H30ClFN2O3S/c1-31-12-13-32(29,30)27-21-5-2-4-19(14-21)24-9-3-6-22(16-24)28(11-10-24)17-18-7-8-20(25)15-23(18)26/h2,4-5,7-8,14-15,22,27H,3,6,9-13,16-17H2,1H3. The Kier molecular flexibility index (Phi) is 7.10. The first-order chi connectivity index (χ1) is 15.3. The lowest BCUT2D eigenvalue weighted by Gasteiger charge is -2.51. The van der Waals surface area contributed by atoms with Crippen molar-refractivity contribution in [3.8, 4) is 0 Å². The maximum absolute atomic E-state index is 14.3. The third-order valence-electron chi connectivity index (χ3n) is 6.91. The molecule has 2 aromatic carbocycles. The minimum Gasteiger partial charge on any atom is -0.384 e. The molecule has 2 bridgehead atoms. The van der Waals surface area contributed by atoms with Crippen molar-refractivity contribution in [3.63, 3.8) is 0 Å². The maximum atomic E-state index is 14.3. The fourth-order valence-corrected chi connectivity index (χ4v) is 6.36. The predicted octanol–water partition coefficient (Wildman–Crippen LogP) is 4.95. The average Bonchev–Trinajstić information content (AvgIpc) is 2.76. The van der Waals surface area contributed by atoms with Crippen LogP contribution in [0.15, 0.2) is 42.5 Å². The fraction of sp³-hybridized carbons (Fsp3) is 0.500. The summed E-state index contributed by atoms with van der Waals surface area (Å²) in [5.74, 6) is -0.324. The van der Waals surface area contributed by atoms with Crippen LogP contribution in [0.4, 0.5) is 10.1 Å². The molecule has 1 heterocycles. The van der Waals surface area contributed by atoms with Gasteiger partial charge in [0.05, 0.1) is 12.4 Å². The molecule has 1 aliphatic carbocycles. The first-order valence-electron chi connectivity index (χ1n) is 11.1. The van der Waals surface area contributed by atoms with Gasteiger partial charge in [-0.05, 0) is 67.5 Å². The van der Waals surface area contributed by atoms with Crippen molar-refractivity contribution in [2.75, 3.05) is 30.7 Å². The Balaban J connectivity index is 1.49. The van der Waals surface area contributed by atoms with E-state index in [9.17, 15) is 12.8 Å². The van der Waals surface area contributed by atoms with E-state index in [4.69, 9.17) is 16.3 Å². The van der Waals surface area contributed by atoms with Crippen LogP contribution in [0.3, 0.4) is 0 Å². The van der Waals surface area contributed by atoms with Crippen LogP contribution in [0.5, 0.6) is 0 Å². The molecular formula is C24H30ClFN2O3S. The van der Waals surface area contributed by atoms with E-state index in [1.165, 1.54) is 18.7 Å². The van der Waals surface area contributed by atoms with Crippen LogP contribution in [0.25, 0.3) is 0 Å². The number of rotatable bonds is 8. The van der Waals surface area contributed by atoms with Crippen LogP contribution in [0.1, 0.15) is 43.2 Å². The molecule has 0 amide bonds. The van der Waals surface area contributed by atoms with Crippen molar-refractivity contribution in [1.29, 1.82) is 0 Å². The Bertz CT molecular complexity index is 1060. The zero-order chi connectivity index (χ0) is 22.8. The highest BCUT2D eigenvalue weighted by Gasteiger charge is 2.43. The molecule has 174 valence electrons. The highest BCUT2D eigenvalue weighted by Crippen LogP contribution is 2.47. The molecule has 4 rings (SSSR count). The molecule has 0 aromatic heterocycles. The number of nitrogens with one attached hydrogen (secondary N) is 1. The number of hydrogen-bond donors (Lipinski definition) is 1. The molecule has 8 heteroatoms. The van der Waals surface area contributed by atoms with Crippen molar-refractivity contribution in [3.05, 3.63) is 64.4 Å². The van der Waals surface area contributed by atoms with E-state index in [0.29, 0.717) is 28.9 Å². The summed E-state index contributed by atoms with van der Waals surface area (Å²) in [5.41, 5.74) is 2.50. The smallest absolute Gasteiger partial charge is 0.234 e. The molecule has 0 radical (unpaired) electrons. The second-order valence-corrected chi connectivity index (χ2v) is 11.3. The number of ether oxygens (including phenoxy) is 1. The van der Waals surface area contributed by atoms with Crippen molar-refractivity contribution in [2.45, 2.75) is 50.1 Å². The lowest BCUT2D eigenvalue weighted by Crippen LogP contribution is -2.51. The van der Waals surface area contributed by atoms with Crippen LogP contribution < -0.4 is 4.72 Å². The van der Waals surface area contributed by atoms with Gasteiger partial charge in [0.25, 0.3) is 0 Å². The molecule has 2 fully saturated rings. The first-order valence-corrected chi connectivity index (χ1v) is 13.1. The quantitative estimate of drug-likeness (QED) is 0.580. The summed E-state index contributed by atoms with van der Waals surface area (Å²) in [6.45, 7) is 1.63. The van der Waals surface area contributed by atoms with E-state index in [1.807, 2.05) is 12.1 Å². The van der Waals surface area contributed by atoms with Gasteiger partial charge >= 0.3 is 0 Å². The number of benzene rings is 2. The second-order valence-electron chi connectivity index (χ2n) is 8.98. The second kappa shape index (κ2) is 9.67. The Labute approximate surface area is 195 Å². The lowest BCUT2D eigenvalue weighted by molar-refractivity contribution is 0.0452. The number of sulfonamides is 1. The van der Waals surface area contributed by atoms with Crippen molar-refractivity contribution in [2.24, 2.45) is 0 Å². The van der Waals surface area contributed by atoms with Crippen molar-refractivity contribution < 1.29 is 17.5 Å². The Hall–Kier alpha value is -1.67. The van der Waals surface area contributed by atoms with E-state index in [-0.39, 0.29) is 23.6 Å². The number of anilines is 1. The van der Waals surface area contributed by atoms with E-state index in [2.05, 4.69) is 15.7 Å². The summed E-state index contributed by atoms with van der Waals surface area (Å²) < 4.78 is 46.5. The lowest BCUT2D eigenvalue weighted by atomic mass is 9.63. The normalized spacial score (nSPS) is 23.8. The largest absolute Gasteiger partial charge is 0.384 e. The molecule has 2 unspecified atom stereocenters. The molecule has 1 saturated carbocycles. The number of piperidine rings is 1. The Morgan fingerprint density at radius 3 is 2.88 bits per heavy atom. The molecule has 2 aromatic rings. The summed E-state index contributed by atoms with van der Waals surface area (Å²) in [6.07, 6.45) is 5.27. The van der Waals surface area contributed by atoms with Crippen molar-refractivity contribution >= 4 is 27.3 Å². The summed E-state index contributed by atoms with van der Waals surface area (Å²) in [7, 11) is -1.96. The fourth-order valence-electron chi connectivity index (χ4n) is 5.23. The highest BCUT2D eigenvalue weighted by atomic mass is 35.5. The zero-order valence-electron chi connectivity index (χ0n) is 18.3. The maximum Gasteiger partial charge on any atom is 0.234 e. The molecular weight excluding hydrogens is 451 g/mol. The number of fused-ring (bicyclic) bond motifs is 2. The van der Waals surface area contributed by atoms with Crippen LogP contribution in [-0.4, -0.2) is 45.4 Å². The summed E-state index contributed by atoms with van der Waals surface area (Å²) in [4.78, 5) is 2.39. The van der Waals surface area contributed by atoms with Gasteiger partial charge in [0.1, 0.15) is 5.82 Å². The first kappa shape index (κ1) is 23.5. The number of nitrogens with zero attached hydrogens (tertiary/aromatic N) is 1. The third kappa shape index (κ3) is 5.28. The van der Waals surface area contributed by atoms with E-state index in [0.717, 1.165) is 38.6 Å². The predicted molar refractivity (Wildman–Crippen MR) is 126 cm³/mol. The molecule has 2 aliphatic rings. The molecule has 0 spiro atoms. The van der Waals surface area contributed by atoms with Crippen molar-refractivity contribution in [1.82, 2.24) is 4.90 Å². The third-order valence-corrected chi connectivity index (χ3v) is 8.39. The van der Waals surface area contributed by atoms with E-state index in [1.54, 1.807) is 18.2 Å². The summed E-state index contributed by atoms with van der Waals surface area (Å²) in [6, 6.07) is 13.1. The minimum atomic E-state index is -3.45. The van der Waals surface area contributed by atoms with Gasteiger partial charge in [0.2, 0.25) is 10.0 Å². The summed E-state index contributed by atoms with van der Waals surface area (Å²) >= 11 is 5.91. The average molecular weight is 481 g/mol. The number of halogens is 2. The molecule has 2 atom stereocenters. The molecule has 1 saturated heterocycles. The number of likely N-dealkylation sites (tertiary alicyclic amines) is 1. The van der Waals surface area contributed by atoms with Gasteiger partial charge in [-0.2, -0.15) is 0 Å².